The van der Waals surface area contributed by atoms with Gasteiger partial charge >= 0.3 is 12.5 Å². The number of amides is 2. The quantitative estimate of drug-likeness (QED) is 0.117. The Kier molecular flexibility index (Phi) is 10.2. The molecule has 6 nitrogen and oxygen atoms in total. The van der Waals surface area contributed by atoms with Crippen molar-refractivity contribution in [3.05, 3.63) is 118 Å². The minimum absolute atomic E-state index is 0.0389. The van der Waals surface area contributed by atoms with Crippen molar-refractivity contribution in [1.29, 1.82) is 0 Å². The van der Waals surface area contributed by atoms with E-state index >= 15 is 4.39 Å². The first kappa shape index (κ1) is 36.9. The molecule has 4 aromatic rings. The zero-order valence-electron chi connectivity index (χ0n) is 24.6. The highest BCUT2D eigenvalue weighted by molar-refractivity contribution is 6.53. The van der Waals surface area contributed by atoms with Crippen LogP contribution in [0.25, 0.3) is 0 Å². The minimum atomic E-state index is -5.02. The molecule has 50 heavy (non-hydrogen) atoms. The van der Waals surface area contributed by atoms with Gasteiger partial charge in [0.25, 0.3) is 5.91 Å². The number of ether oxygens (including phenoxy) is 1. The molecule has 0 bridgehead atoms. The fraction of sp³-hybridized carbons (Fsp3) is 0.188. The fourth-order valence-electron chi connectivity index (χ4n) is 5.02. The summed E-state index contributed by atoms with van der Waals surface area (Å²) in [5.41, 5.74) is -2.85. The molecule has 3 N–H and O–H groups in total. The average molecular weight is 771 g/mol. The van der Waals surface area contributed by atoms with Crippen LogP contribution in [0.15, 0.2) is 72.8 Å². The molecule has 1 aliphatic rings. The summed E-state index contributed by atoms with van der Waals surface area (Å²) in [7, 11) is 0. The summed E-state index contributed by atoms with van der Waals surface area (Å²) in [6.07, 6.45) is -9.92. The van der Waals surface area contributed by atoms with E-state index in [4.69, 9.17) is 34.8 Å². The Bertz CT molecular complexity index is 1960. The Morgan fingerprint density at radius 3 is 2.12 bits per heavy atom. The molecule has 18 heteroatoms. The normalized spacial score (nSPS) is 16.8. The highest BCUT2D eigenvalue weighted by Crippen LogP contribution is 2.65. The van der Waals surface area contributed by atoms with E-state index < -0.39 is 80.7 Å². The van der Waals surface area contributed by atoms with Gasteiger partial charge in [0.2, 0.25) is 5.91 Å². The molecule has 4 aromatic carbocycles. The number of rotatable bonds is 9. The maximum Gasteiger partial charge on any atom is 0.573 e. The van der Waals surface area contributed by atoms with Crippen molar-refractivity contribution < 1.29 is 53.8 Å². The topological polar surface area (TPSA) is 79.5 Å². The van der Waals surface area contributed by atoms with E-state index in [1.54, 1.807) is 0 Å². The van der Waals surface area contributed by atoms with Gasteiger partial charge in [-0.25, -0.2) is 13.2 Å². The monoisotopic (exact) mass is 769 g/mol. The van der Waals surface area contributed by atoms with Crippen molar-refractivity contribution in [3.63, 3.8) is 0 Å². The van der Waals surface area contributed by atoms with Gasteiger partial charge in [-0.15, -0.1) is 36.4 Å². The molecule has 1 saturated carbocycles. The van der Waals surface area contributed by atoms with Gasteiger partial charge in [0, 0.05) is 18.2 Å². The number of anilines is 3. The van der Waals surface area contributed by atoms with Gasteiger partial charge in [0.05, 0.1) is 27.8 Å². The number of hydrogen-bond acceptors (Lipinski definition) is 4. The molecule has 2 amide bonds. The zero-order valence-corrected chi connectivity index (χ0v) is 26.8. The first-order chi connectivity index (χ1) is 23.3. The zero-order chi connectivity index (χ0) is 36.8. The Morgan fingerprint density at radius 1 is 0.820 bits per heavy atom. The van der Waals surface area contributed by atoms with Gasteiger partial charge < -0.3 is 20.7 Å². The summed E-state index contributed by atoms with van der Waals surface area (Å²) in [5.74, 6) is -8.58. The molecule has 1 aliphatic carbocycles. The fourth-order valence-corrected chi connectivity index (χ4v) is 6.05. The molecule has 2 unspecified atom stereocenters. The van der Waals surface area contributed by atoms with E-state index in [9.17, 15) is 44.7 Å². The van der Waals surface area contributed by atoms with Crippen molar-refractivity contribution in [1.82, 2.24) is 0 Å². The summed E-state index contributed by atoms with van der Waals surface area (Å²) in [5, 5.41) is 7.00. The van der Waals surface area contributed by atoms with Gasteiger partial charge in [-0.1, -0.05) is 29.8 Å². The van der Waals surface area contributed by atoms with Crippen LogP contribution in [0.4, 0.5) is 56.6 Å². The first-order valence-corrected chi connectivity index (χ1v) is 15.1. The number of nitrogens with one attached hydrogen (secondary N) is 3. The molecule has 0 aromatic heterocycles. The van der Waals surface area contributed by atoms with Gasteiger partial charge in [-0.2, -0.15) is 13.2 Å². The maximum atomic E-state index is 15.3. The molecule has 0 spiro atoms. The van der Waals surface area contributed by atoms with Crippen molar-refractivity contribution in [2.45, 2.75) is 29.3 Å². The molecule has 264 valence electrons. The maximum absolute atomic E-state index is 15.3. The second-order valence-electron chi connectivity index (χ2n) is 10.8. The molecular formula is C32H19Cl3F9N3O3. The van der Waals surface area contributed by atoms with Gasteiger partial charge in [-0.05, 0) is 65.7 Å². The Morgan fingerprint density at radius 2 is 1.48 bits per heavy atom. The summed E-state index contributed by atoms with van der Waals surface area (Å²) < 4.78 is 122. The standard InChI is InChI=1S/C32H19Cl3F9N3O3/c33-20-7-4-16(46-29(49)25-24(30(25,34)35)15-3-8-21(36)19(11-15)31(39,40)41)12-18(20)28(48)47-23-10-9-22(37)27(26(23)38)45-13-14-1-5-17(6-2-14)50-32(42,43)44/h1-12,24-25,45H,13H2,(H,46,49)(H,47,48). The highest BCUT2D eigenvalue weighted by atomic mass is 35.5. The van der Waals surface area contributed by atoms with Crippen molar-refractivity contribution in [2.75, 3.05) is 16.0 Å². The van der Waals surface area contributed by atoms with E-state index in [-0.39, 0.29) is 28.4 Å². The van der Waals surface area contributed by atoms with Crippen LogP contribution in [0.2, 0.25) is 5.02 Å². The predicted octanol–water partition coefficient (Wildman–Crippen LogP) is 10.1. The van der Waals surface area contributed by atoms with E-state index in [0.29, 0.717) is 17.7 Å². The first-order valence-electron chi connectivity index (χ1n) is 14.0. The molecule has 5 rings (SSSR count). The van der Waals surface area contributed by atoms with E-state index in [2.05, 4.69) is 20.7 Å². The largest absolute Gasteiger partial charge is 0.573 e. The van der Waals surface area contributed by atoms with Gasteiger partial charge in [0.1, 0.15) is 27.4 Å². The number of carbonyl (C=O) groups excluding carboxylic acids is 2. The third-order valence-electron chi connectivity index (χ3n) is 7.43. The SMILES string of the molecule is O=C(Nc1ccc(F)c(NCc2ccc(OC(F)(F)F)cc2)c1F)c1cc(NC(=O)C2C(c3ccc(F)c(C(F)(F)F)c3)C2(Cl)Cl)ccc1Cl. The average Bonchev–Trinajstić information content (AvgIpc) is 3.60. The summed E-state index contributed by atoms with van der Waals surface area (Å²) in [6, 6.07) is 12.0. The third kappa shape index (κ3) is 8.16. The van der Waals surface area contributed by atoms with E-state index in [0.717, 1.165) is 36.4 Å². The molecule has 0 saturated heterocycles. The number of carbonyl (C=O) groups is 2. The molecule has 0 radical (unpaired) electrons. The van der Waals surface area contributed by atoms with Gasteiger partial charge in [0.15, 0.2) is 5.82 Å². The number of hydrogen-bond donors (Lipinski definition) is 3. The van der Waals surface area contributed by atoms with E-state index in [1.165, 1.54) is 24.3 Å². The molecule has 0 aliphatic heterocycles. The number of benzene rings is 4. The van der Waals surface area contributed by atoms with Crippen molar-refractivity contribution in [3.8, 4) is 5.75 Å². The number of halogens is 12. The summed E-state index contributed by atoms with van der Waals surface area (Å²) >= 11 is 18.6. The van der Waals surface area contributed by atoms with Crippen molar-refractivity contribution in [2.24, 2.45) is 5.92 Å². The van der Waals surface area contributed by atoms with Crippen LogP contribution in [0.5, 0.6) is 5.75 Å². The lowest BCUT2D eigenvalue weighted by Gasteiger charge is -2.14. The summed E-state index contributed by atoms with van der Waals surface area (Å²) in [6.45, 7) is -0.233. The van der Waals surface area contributed by atoms with Crippen LogP contribution in [-0.2, 0) is 17.5 Å². The lowest BCUT2D eigenvalue weighted by atomic mass is 10.0. The Hall–Kier alpha value is -4.34. The second kappa shape index (κ2) is 13.8. The Balaban J connectivity index is 1.27. The third-order valence-corrected chi connectivity index (χ3v) is 8.70. The molecule has 2 atom stereocenters. The molecule has 1 fully saturated rings. The van der Waals surface area contributed by atoms with Crippen LogP contribution in [0.1, 0.15) is 33.0 Å². The smallest absolute Gasteiger partial charge is 0.406 e. The van der Waals surface area contributed by atoms with E-state index in [1.807, 2.05) is 0 Å². The molecule has 0 heterocycles. The van der Waals surface area contributed by atoms with Crippen LogP contribution >= 0.6 is 34.8 Å². The van der Waals surface area contributed by atoms with Gasteiger partial charge in [-0.3, -0.25) is 9.59 Å². The van der Waals surface area contributed by atoms with Crippen molar-refractivity contribution >= 4 is 63.7 Å². The lowest BCUT2D eigenvalue weighted by Crippen LogP contribution is -2.19. The predicted molar refractivity (Wildman–Crippen MR) is 167 cm³/mol. The Labute approximate surface area is 291 Å². The minimum Gasteiger partial charge on any atom is -0.406 e. The lowest BCUT2D eigenvalue weighted by molar-refractivity contribution is -0.274. The second-order valence-corrected chi connectivity index (χ2v) is 12.7. The van der Waals surface area contributed by atoms with Crippen LogP contribution < -0.4 is 20.7 Å². The van der Waals surface area contributed by atoms with Crippen LogP contribution in [-0.4, -0.2) is 22.5 Å². The van der Waals surface area contributed by atoms with Crippen LogP contribution in [0, 0.1) is 23.4 Å². The highest BCUT2D eigenvalue weighted by Gasteiger charge is 2.67. The molecular weight excluding hydrogens is 752 g/mol. The summed E-state index contributed by atoms with van der Waals surface area (Å²) in [4.78, 5) is 26.2. The number of alkyl halides is 8. The van der Waals surface area contributed by atoms with Crippen LogP contribution in [0.3, 0.4) is 0 Å².